The van der Waals surface area contributed by atoms with Gasteiger partial charge in [0.05, 0.1) is 6.04 Å². The van der Waals surface area contributed by atoms with Gasteiger partial charge in [-0.05, 0) is 48.2 Å². The fraction of sp³-hybridized carbons (Fsp3) is 0.250. The predicted octanol–water partition coefficient (Wildman–Crippen LogP) is 4.06. The second kappa shape index (κ2) is 6.97. The van der Waals surface area contributed by atoms with E-state index in [0.717, 1.165) is 11.4 Å². The molecule has 1 N–H and O–H groups in total. The third-order valence-corrected chi connectivity index (χ3v) is 4.38. The Bertz CT molecular complexity index is 838. The van der Waals surface area contributed by atoms with Crippen molar-refractivity contribution in [2.45, 2.75) is 26.4 Å². The molecule has 3 nitrogen and oxygen atoms in total. The lowest BCUT2D eigenvalue weighted by molar-refractivity contribution is 0.551. The quantitative estimate of drug-likeness (QED) is 0.767. The maximum Gasteiger partial charge on any atom is 0.130 e. The molecule has 3 rings (SSSR count). The Morgan fingerprint density at radius 2 is 1.96 bits per heavy atom. The smallest absolute Gasteiger partial charge is 0.130 e. The standard InChI is InChI=1S/C20H22FN3/c1-14-7-8-16(11-15(14)2)13-23-19(20-22-9-10-24(20)3)17-5-4-6-18(21)12-17/h4-12,19,23H,13H2,1-3H3/t19-/m1/s1. The SMILES string of the molecule is Cc1ccc(CN[C@H](c2cccc(F)c2)c2nccn2C)cc1C. The average Bonchev–Trinajstić information content (AvgIpc) is 2.97. The number of nitrogens with zero attached hydrogens (tertiary/aromatic N) is 2. The summed E-state index contributed by atoms with van der Waals surface area (Å²) in [7, 11) is 1.95. The van der Waals surface area contributed by atoms with Gasteiger partial charge in [0.2, 0.25) is 0 Å². The molecule has 1 atom stereocenters. The molecule has 0 bridgehead atoms. The van der Waals surface area contributed by atoms with Crippen molar-refractivity contribution < 1.29 is 4.39 Å². The van der Waals surface area contributed by atoms with E-state index in [0.29, 0.717) is 6.54 Å². The van der Waals surface area contributed by atoms with E-state index in [1.807, 2.05) is 23.9 Å². The summed E-state index contributed by atoms with van der Waals surface area (Å²) in [5.41, 5.74) is 4.62. The van der Waals surface area contributed by atoms with Crippen molar-refractivity contribution in [3.05, 3.63) is 88.8 Å². The van der Waals surface area contributed by atoms with Crippen molar-refractivity contribution in [2.24, 2.45) is 7.05 Å². The maximum atomic E-state index is 13.7. The summed E-state index contributed by atoms with van der Waals surface area (Å²) in [6.07, 6.45) is 3.67. The van der Waals surface area contributed by atoms with Crippen LogP contribution in [0.3, 0.4) is 0 Å². The van der Waals surface area contributed by atoms with Crippen LogP contribution in [0.1, 0.15) is 34.1 Å². The van der Waals surface area contributed by atoms with Crippen molar-refractivity contribution in [3.63, 3.8) is 0 Å². The number of imidazole rings is 1. The lowest BCUT2D eigenvalue weighted by atomic mass is 10.0. The number of nitrogens with one attached hydrogen (secondary N) is 1. The highest BCUT2D eigenvalue weighted by Crippen LogP contribution is 2.22. The van der Waals surface area contributed by atoms with Gasteiger partial charge >= 0.3 is 0 Å². The van der Waals surface area contributed by atoms with E-state index in [1.165, 1.54) is 22.8 Å². The van der Waals surface area contributed by atoms with Gasteiger partial charge < -0.3 is 4.57 Å². The fourth-order valence-electron chi connectivity index (χ4n) is 2.83. The Labute approximate surface area is 142 Å². The first-order valence-electron chi connectivity index (χ1n) is 8.07. The van der Waals surface area contributed by atoms with Crippen molar-refractivity contribution in [3.8, 4) is 0 Å². The molecule has 24 heavy (non-hydrogen) atoms. The Morgan fingerprint density at radius 1 is 1.12 bits per heavy atom. The second-order valence-electron chi connectivity index (χ2n) is 6.18. The first kappa shape index (κ1) is 16.4. The molecule has 1 heterocycles. The van der Waals surface area contributed by atoms with Crippen molar-refractivity contribution in [1.82, 2.24) is 14.9 Å². The van der Waals surface area contributed by atoms with Gasteiger partial charge in [0.1, 0.15) is 11.6 Å². The highest BCUT2D eigenvalue weighted by Gasteiger charge is 2.18. The van der Waals surface area contributed by atoms with Gasteiger partial charge in [0.25, 0.3) is 0 Å². The molecule has 1 aromatic heterocycles. The second-order valence-corrected chi connectivity index (χ2v) is 6.18. The predicted molar refractivity (Wildman–Crippen MR) is 94.2 cm³/mol. The largest absolute Gasteiger partial charge is 0.336 e. The van der Waals surface area contributed by atoms with Crippen molar-refractivity contribution in [1.29, 1.82) is 0 Å². The molecule has 3 aromatic rings. The molecule has 0 spiro atoms. The van der Waals surface area contributed by atoms with Gasteiger partial charge in [-0.2, -0.15) is 0 Å². The van der Waals surface area contributed by atoms with E-state index in [9.17, 15) is 4.39 Å². The minimum atomic E-state index is -0.236. The number of halogens is 1. The number of aryl methyl sites for hydroxylation is 3. The van der Waals surface area contributed by atoms with Crippen LogP contribution in [-0.4, -0.2) is 9.55 Å². The summed E-state index contributed by atoms with van der Waals surface area (Å²) in [5, 5.41) is 3.52. The topological polar surface area (TPSA) is 29.9 Å². The third-order valence-electron chi connectivity index (χ3n) is 4.38. The molecule has 0 saturated heterocycles. The van der Waals surface area contributed by atoms with E-state index >= 15 is 0 Å². The van der Waals surface area contributed by atoms with Gasteiger partial charge in [-0.3, -0.25) is 5.32 Å². The zero-order valence-electron chi connectivity index (χ0n) is 14.3. The molecule has 124 valence electrons. The minimum Gasteiger partial charge on any atom is -0.336 e. The average molecular weight is 323 g/mol. The van der Waals surface area contributed by atoms with Crippen LogP contribution in [0, 0.1) is 19.7 Å². The van der Waals surface area contributed by atoms with Gasteiger partial charge in [-0.25, -0.2) is 9.37 Å². The number of aromatic nitrogens is 2. The zero-order valence-corrected chi connectivity index (χ0v) is 14.3. The zero-order chi connectivity index (χ0) is 17.1. The van der Waals surface area contributed by atoms with E-state index < -0.39 is 0 Å². The van der Waals surface area contributed by atoms with E-state index in [4.69, 9.17) is 0 Å². The molecule has 0 fully saturated rings. The Morgan fingerprint density at radius 3 is 2.62 bits per heavy atom. The van der Waals surface area contributed by atoms with Crippen LogP contribution in [0.15, 0.2) is 54.9 Å². The van der Waals surface area contributed by atoms with E-state index in [1.54, 1.807) is 18.3 Å². The highest BCUT2D eigenvalue weighted by molar-refractivity contribution is 5.31. The molecule has 0 unspecified atom stereocenters. The lowest BCUT2D eigenvalue weighted by Gasteiger charge is -2.19. The molecule has 2 aromatic carbocycles. The fourth-order valence-corrected chi connectivity index (χ4v) is 2.83. The van der Waals surface area contributed by atoms with Crippen LogP contribution >= 0.6 is 0 Å². The normalized spacial score (nSPS) is 12.3. The third kappa shape index (κ3) is 3.54. The van der Waals surface area contributed by atoms with Gasteiger partial charge in [0, 0.05) is 26.0 Å². The van der Waals surface area contributed by atoms with Crippen LogP contribution in [0.25, 0.3) is 0 Å². The van der Waals surface area contributed by atoms with Gasteiger partial charge in [-0.1, -0.05) is 30.3 Å². The Kier molecular flexibility index (Phi) is 4.76. The van der Waals surface area contributed by atoms with E-state index in [-0.39, 0.29) is 11.9 Å². The summed E-state index contributed by atoms with van der Waals surface area (Å²) in [6.45, 7) is 4.91. The number of hydrogen-bond acceptors (Lipinski definition) is 2. The van der Waals surface area contributed by atoms with Gasteiger partial charge in [0.15, 0.2) is 0 Å². The van der Waals surface area contributed by atoms with Crippen LogP contribution in [0.5, 0.6) is 0 Å². The Balaban J connectivity index is 1.88. The monoisotopic (exact) mass is 323 g/mol. The molecule has 0 aliphatic rings. The summed E-state index contributed by atoms with van der Waals surface area (Å²) in [4.78, 5) is 4.44. The van der Waals surface area contributed by atoms with Crippen molar-refractivity contribution in [2.75, 3.05) is 0 Å². The molecular weight excluding hydrogens is 301 g/mol. The maximum absolute atomic E-state index is 13.7. The first-order chi connectivity index (χ1) is 11.5. The molecule has 0 aliphatic carbocycles. The molecular formula is C20H22FN3. The van der Waals surface area contributed by atoms with Crippen LogP contribution in [0.2, 0.25) is 0 Å². The number of rotatable bonds is 5. The summed E-state index contributed by atoms with van der Waals surface area (Å²) < 4.78 is 15.6. The van der Waals surface area contributed by atoms with Crippen LogP contribution in [0.4, 0.5) is 4.39 Å². The number of benzene rings is 2. The van der Waals surface area contributed by atoms with Gasteiger partial charge in [-0.15, -0.1) is 0 Å². The summed E-state index contributed by atoms with van der Waals surface area (Å²) in [5.74, 6) is 0.629. The molecule has 0 saturated carbocycles. The molecule has 4 heteroatoms. The lowest BCUT2D eigenvalue weighted by Crippen LogP contribution is -2.25. The molecule has 0 radical (unpaired) electrons. The molecule has 0 amide bonds. The first-order valence-corrected chi connectivity index (χ1v) is 8.07. The van der Waals surface area contributed by atoms with E-state index in [2.05, 4.69) is 42.3 Å². The van der Waals surface area contributed by atoms with Crippen LogP contribution in [-0.2, 0) is 13.6 Å². The van der Waals surface area contributed by atoms with Crippen LogP contribution < -0.4 is 5.32 Å². The summed E-state index contributed by atoms with van der Waals surface area (Å²) >= 11 is 0. The number of hydrogen-bond donors (Lipinski definition) is 1. The van der Waals surface area contributed by atoms with Crippen molar-refractivity contribution >= 4 is 0 Å². The minimum absolute atomic E-state index is 0.165. The highest BCUT2D eigenvalue weighted by atomic mass is 19.1. The molecule has 0 aliphatic heterocycles. The Hall–Kier alpha value is -2.46. The summed E-state index contributed by atoms with van der Waals surface area (Å²) in [6, 6.07) is 13.0.